The third-order valence-electron chi connectivity index (χ3n) is 3.61. The van der Waals surface area contributed by atoms with Crippen LogP contribution >= 0.6 is 0 Å². The second-order valence-electron chi connectivity index (χ2n) is 5.21. The molecule has 0 spiro atoms. The number of hydrogen-bond acceptors (Lipinski definition) is 6. The smallest absolute Gasteiger partial charge is 0.335 e. The van der Waals surface area contributed by atoms with Gasteiger partial charge in [-0.25, -0.2) is 9.69 Å². The third-order valence-corrected chi connectivity index (χ3v) is 3.61. The monoisotopic (exact) mass is 341 g/mol. The summed E-state index contributed by atoms with van der Waals surface area (Å²) in [4.78, 5) is 41.6. The Balaban J connectivity index is 1.79. The number of imide groups is 2. The van der Waals surface area contributed by atoms with E-state index in [2.05, 4.69) is 10.3 Å². The quantitative estimate of drug-likeness (QED) is 0.659. The molecule has 0 saturated carbocycles. The Morgan fingerprint density at radius 2 is 2.00 bits per heavy atom. The number of carbonyl (C=O) groups excluding carboxylic acids is 3. The normalized spacial score (nSPS) is 17.9. The van der Waals surface area contributed by atoms with Crippen LogP contribution < -0.4 is 15.0 Å². The van der Waals surface area contributed by atoms with Crippen LogP contribution in [-0.2, 0) is 16.1 Å². The molecule has 0 bridgehead atoms. The number of carbonyl (C=O) groups is 3. The largest absolute Gasteiger partial charge is 0.497 e. The first-order valence-corrected chi connectivity index (χ1v) is 7.45. The maximum Gasteiger partial charge on any atom is 0.335 e. The van der Waals surface area contributed by atoms with Crippen molar-refractivity contribution in [3.05, 3.63) is 48.4 Å². The molecular weight excluding hydrogens is 326 g/mol. The highest BCUT2D eigenvalue weighted by atomic mass is 16.5. The van der Waals surface area contributed by atoms with Gasteiger partial charge in [0, 0.05) is 6.21 Å². The average molecular weight is 341 g/mol. The number of rotatable bonds is 5. The van der Waals surface area contributed by atoms with E-state index in [0.717, 1.165) is 4.90 Å². The Morgan fingerprint density at radius 3 is 2.64 bits per heavy atom. The van der Waals surface area contributed by atoms with E-state index in [4.69, 9.17) is 9.15 Å². The molecular formula is C17H15N3O5. The number of ether oxygens (including phenoxy) is 1. The zero-order valence-electron chi connectivity index (χ0n) is 13.3. The summed E-state index contributed by atoms with van der Waals surface area (Å²) in [5.41, 5.74) is 0.334. The van der Waals surface area contributed by atoms with Crippen molar-refractivity contribution in [3.63, 3.8) is 0 Å². The van der Waals surface area contributed by atoms with E-state index in [-0.39, 0.29) is 6.54 Å². The van der Waals surface area contributed by atoms with Gasteiger partial charge in [0.2, 0.25) is 5.91 Å². The lowest BCUT2D eigenvalue weighted by molar-refractivity contribution is -0.131. The van der Waals surface area contributed by atoms with Gasteiger partial charge in [-0.3, -0.25) is 19.9 Å². The first-order chi connectivity index (χ1) is 12.1. The van der Waals surface area contributed by atoms with E-state index < -0.39 is 23.8 Å². The van der Waals surface area contributed by atoms with E-state index in [1.165, 1.54) is 19.6 Å². The van der Waals surface area contributed by atoms with Gasteiger partial charge in [-0.15, -0.1) is 0 Å². The first-order valence-electron chi connectivity index (χ1n) is 7.45. The zero-order chi connectivity index (χ0) is 17.8. The molecule has 25 heavy (non-hydrogen) atoms. The number of aliphatic imine (C=N–C) groups is 1. The molecule has 0 unspecified atom stereocenters. The van der Waals surface area contributed by atoms with E-state index >= 15 is 0 Å². The first kappa shape index (κ1) is 16.4. The van der Waals surface area contributed by atoms with E-state index in [1.807, 2.05) is 0 Å². The summed E-state index contributed by atoms with van der Waals surface area (Å²) in [6.07, 6.45) is 2.73. The van der Waals surface area contributed by atoms with Crippen LogP contribution in [-0.4, -0.2) is 31.2 Å². The van der Waals surface area contributed by atoms with Crippen molar-refractivity contribution in [1.29, 1.82) is 0 Å². The van der Waals surface area contributed by atoms with Crippen molar-refractivity contribution < 1.29 is 23.5 Å². The van der Waals surface area contributed by atoms with E-state index in [9.17, 15) is 14.4 Å². The fourth-order valence-electron chi connectivity index (χ4n) is 2.35. The molecule has 1 saturated heterocycles. The number of amides is 4. The van der Waals surface area contributed by atoms with Gasteiger partial charge in [0.15, 0.2) is 5.92 Å². The number of urea groups is 1. The number of furan rings is 1. The summed E-state index contributed by atoms with van der Waals surface area (Å²) in [7, 11) is 1.51. The highest BCUT2D eigenvalue weighted by Gasteiger charge is 2.40. The minimum Gasteiger partial charge on any atom is -0.497 e. The van der Waals surface area contributed by atoms with Crippen LogP contribution in [0.3, 0.4) is 0 Å². The predicted molar refractivity (Wildman–Crippen MR) is 88.4 cm³/mol. The van der Waals surface area contributed by atoms with Crippen LogP contribution in [0.15, 0.2) is 52.1 Å². The second-order valence-corrected chi connectivity index (χ2v) is 5.21. The third kappa shape index (κ3) is 3.42. The van der Waals surface area contributed by atoms with Crippen LogP contribution in [0.1, 0.15) is 5.76 Å². The minimum absolute atomic E-state index is 0.195. The van der Waals surface area contributed by atoms with Gasteiger partial charge in [-0.2, -0.15) is 0 Å². The number of anilines is 1. The second kappa shape index (κ2) is 7.00. The molecule has 1 N–H and O–H groups in total. The standard InChI is InChI=1S/C17H15N3O5/c1-24-12-6-4-11(5-7-12)20-16(22)14(15(21)19-17(20)23)10-18-9-13-3-2-8-25-13/h2-8,10,14H,9H2,1H3,(H,19,21,23)/t14-/m1/s1. The molecule has 1 aromatic heterocycles. The van der Waals surface area contributed by atoms with Crippen LogP contribution in [0, 0.1) is 5.92 Å². The number of nitrogens with one attached hydrogen (secondary N) is 1. The molecule has 0 radical (unpaired) electrons. The summed E-state index contributed by atoms with van der Waals surface area (Å²) in [5, 5.41) is 2.16. The van der Waals surface area contributed by atoms with E-state index in [0.29, 0.717) is 17.2 Å². The highest BCUT2D eigenvalue weighted by molar-refractivity contribution is 6.32. The Hall–Kier alpha value is -3.42. The molecule has 1 aliphatic heterocycles. The van der Waals surface area contributed by atoms with Crippen molar-refractivity contribution in [2.75, 3.05) is 12.0 Å². The van der Waals surface area contributed by atoms with Gasteiger partial charge in [0.1, 0.15) is 11.5 Å². The maximum absolute atomic E-state index is 12.6. The summed E-state index contributed by atoms with van der Waals surface area (Å²) in [6, 6.07) is 9.00. The Morgan fingerprint density at radius 1 is 1.24 bits per heavy atom. The lowest BCUT2D eigenvalue weighted by Gasteiger charge is -2.28. The Bertz CT molecular complexity index is 811. The molecule has 128 valence electrons. The minimum atomic E-state index is -1.19. The van der Waals surface area contributed by atoms with Crippen molar-refractivity contribution in [2.45, 2.75) is 6.54 Å². The molecule has 1 aliphatic rings. The molecule has 8 nitrogen and oxygen atoms in total. The molecule has 8 heteroatoms. The van der Waals surface area contributed by atoms with Gasteiger partial charge >= 0.3 is 6.03 Å². The lowest BCUT2D eigenvalue weighted by atomic mass is 10.1. The van der Waals surface area contributed by atoms with Crippen LogP contribution in [0.5, 0.6) is 5.75 Å². The molecule has 1 fully saturated rings. The molecule has 1 atom stereocenters. The van der Waals surface area contributed by atoms with Gasteiger partial charge in [-0.1, -0.05) is 0 Å². The molecule has 3 rings (SSSR count). The molecule has 0 aliphatic carbocycles. The van der Waals surface area contributed by atoms with Gasteiger partial charge in [-0.05, 0) is 36.4 Å². The van der Waals surface area contributed by atoms with Crippen molar-refractivity contribution >= 4 is 29.7 Å². The van der Waals surface area contributed by atoms with Crippen molar-refractivity contribution in [2.24, 2.45) is 10.9 Å². The van der Waals surface area contributed by atoms with Crippen LogP contribution in [0.2, 0.25) is 0 Å². The van der Waals surface area contributed by atoms with Crippen LogP contribution in [0.25, 0.3) is 0 Å². The van der Waals surface area contributed by atoms with Crippen molar-refractivity contribution in [1.82, 2.24) is 5.32 Å². The van der Waals surface area contributed by atoms with Gasteiger partial charge in [0.25, 0.3) is 5.91 Å². The van der Waals surface area contributed by atoms with Crippen LogP contribution in [0.4, 0.5) is 10.5 Å². The summed E-state index contributed by atoms with van der Waals surface area (Å²) in [6.45, 7) is 0.195. The SMILES string of the molecule is COc1ccc(N2C(=O)NC(=O)[C@@H](C=NCc3ccco3)C2=O)cc1. The number of hydrogen-bond donors (Lipinski definition) is 1. The summed E-state index contributed by atoms with van der Waals surface area (Å²) in [5.74, 6) is -1.37. The Kier molecular flexibility index (Phi) is 4.60. The number of nitrogens with zero attached hydrogens (tertiary/aromatic N) is 2. The van der Waals surface area contributed by atoms with Gasteiger partial charge < -0.3 is 9.15 Å². The summed E-state index contributed by atoms with van der Waals surface area (Å²) < 4.78 is 10.2. The molecule has 1 aromatic carbocycles. The Labute approximate surface area is 143 Å². The van der Waals surface area contributed by atoms with Gasteiger partial charge in [0.05, 0.1) is 25.6 Å². The molecule has 2 heterocycles. The number of benzene rings is 1. The number of methoxy groups -OCH3 is 1. The predicted octanol–water partition coefficient (Wildman–Crippen LogP) is 1.76. The highest BCUT2D eigenvalue weighted by Crippen LogP contribution is 2.23. The fourth-order valence-corrected chi connectivity index (χ4v) is 2.35. The molecule has 2 aromatic rings. The molecule has 4 amide bonds. The zero-order valence-corrected chi connectivity index (χ0v) is 13.3. The van der Waals surface area contributed by atoms with E-state index in [1.54, 1.807) is 36.4 Å². The maximum atomic E-state index is 12.6. The fraction of sp³-hybridized carbons (Fsp3) is 0.176. The number of barbiturate groups is 1. The van der Waals surface area contributed by atoms with Crippen molar-refractivity contribution in [3.8, 4) is 5.75 Å². The lowest BCUT2D eigenvalue weighted by Crippen LogP contribution is -2.58. The average Bonchev–Trinajstić information content (AvgIpc) is 3.11. The summed E-state index contributed by atoms with van der Waals surface area (Å²) >= 11 is 0. The topological polar surface area (TPSA) is 101 Å².